The van der Waals surface area contributed by atoms with Gasteiger partial charge >= 0.3 is 0 Å². The second-order valence-electron chi connectivity index (χ2n) is 5.77. The van der Waals surface area contributed by atoms with Crippen LogP contribution in [0.2, 0.25) is 5.02 Å². The van der Waals surface area contributed by atoms with Gasteiger partial charge in [-0.25, -0.2) is 4.90 Å². The van der Waals surface area contributed by atoms with E-state index in [1.165, 1.54) is 13.2 Å². The molecule has 8 heteroatoms. The highest BCUT2D eigenvalue weighted by atomic mass is 35.5. The van der Waals surface area contributed by atoms with E-state index in [2.05, 4.69) is 0 Å². The molecule has 0 saturated carbocycles. The van der Waals surface area contributed by atoms with Crippen molar-refractivity contribution in [1.29, 1.82) is 0 Å². The molecule has 0 aromatic heterocycles. The van der Waals surface area contributed by atoms with Gasteiger partial charge in [0.15, 0.2) is 0 Å². The van der Waals surface area contributed by atoms with E-state index in [1.807, 2.05) is 0 Å². The van der Waals surface area contributed by atoms with Crippen LogP contribution in [0.4, 0.5) is 5.69 Å². The van der Waals surface area contributed by atoms with Crippen molar-refractivity contribution in [3.63, 3.8) is 0 Å². The third-order valence-electron chi connectivity index (χ3n) is 4.15. The molecular weight excluding hydrogens is 402 g/mol. The zero-order chi connectivity index (χ0) is 20.3. The Bertz CT molecular complexity index is 942. The summed E-state index contributed by atoms with van der Waals surface area (Å²) in [6.07, 6.45) is 0. The summed E-state index contributed by atoms with van der Waals surface area (Å²) in [5, 5.41) is 9.47. The molecule has 146 valence electrons. The van der Waals surface area contributed by atoms with E-state index < -0.39 is 11.8 Å². The molecule has 2 aromatic carbocycles. The molecule has 1 N–H and O–H groups in total. The van der Waals surface area contributed by atoms with E-state index in [-0.39, 0.29) is 17.1 Å². The fourth-order valence-electron chi connectivity index (χ4n) is 2.83. The minimum absolute atomic E-state index is 0.111. The first-order valence-corrected chi connectivity index (χ1v) is 9.72. The minimum atomic E-state index is -0.449. The molecule has 0 atom stereocenters. The summed E-state index contributed by atoms with van der Waals surface area (Å²) in [5.74, 6) is 0.491. The van der Waals surface area contributed by atoms with Gasteiger partial charge in [0.25, 0.3) is 11.8 Å². The number of methoxy groups -OCH3 is 2. The van der Waals surface area contributed by atoms with Crippen molar-refractivity contribution in [3.8, 4) is 11.5 Å². The quantitative estimate of drug-likeness (QED) is 0.693. The lowest BCUT2D eigenvalue weighted by Crippen LogP contribution is -2.31. The van der Waals surface area contributed by atoms with Gasteiger partial charge in [-0.05, 0) is 35.9 Å². The number of thioether (sulfide) groups is 1. The maximum Gasteiger partial charge on any atom is 0.272 e. The largest absolute Gasteiger partial charge is 0.497 e. The SMILES string of the molecule is COc1ccc(C2=C(SCCO)C(=O)N(c3ccc(OC)c(Cl)c3)C2=O)cc1. The number of aliphatic hydroxyl groups is 1. The highest BCUT2D eigenvalue weighted by Gasteiger charge is 2.40. The minimum Gasteiger partial charge on any atom is -0.497 e. The molecule has 3 rings (SSSR count). The summed E-state index contributed by atoms with van der Waals surface area (Å²) in [7, 11) is 3.04. The molecule has 2 amide bonds. The zero-order valence-electron chi connectivity index (χ0n) is 15.3. The number of ether oxygens (including phenoxy) is 2. The van der Waals surface area contributed by atoms with Crippen LogP contribution in [-0.4, -0.2) is 43.5 Å². The van der Waals surface area contributed by atoms with Crippen LogP contribution in [-0.2, 0) is 9.59 Å². The molecule has 0 aliphatic carbocycles. The van der Waals surface area contributed by atoms with Crippen molar-refractivity contribution in [1.82, 2.24) is 0 Å². The molecule has 0 bridgehead atoms. The Labute approximate surface area is 171 Å². The highest BCUT2D eigenvalue weighted by Crippen LogP contribution is 2.40. The second-order valence-corrected chi connectivity index (χ2v) is 7.28. The van der Waals surface area contributed by atoms with Gasteiger partial charge in [0.2, 0.25) is 0 Å². The molecule has 1 aliphatic rings. The first-order valence-electron chi connectivity index (χ1n) is 8.36. The standard InChI is InChI=1S/C20H18ClNO5S/c1-26-14-6-3-12(4-7-14)17-18(28-10-9-23)20(25)22(19(17)24)13-5-8-16(27-2)15(21)11-13/h3-8,11,23H,9-10H2,1-2H3. The number of carbonyl (C=O) groups is 2. The Balaban J connectivity index is 2.04. The van der Waals surface area contributed by atoms with Crippen LogP contribution < -0.4 is 14.4 Å². The lowest BCUT2D eigenvalue weighted by Gasteiger charge is -2.16. The predicted octanol–water partition coefficient (Wildman–Crippen LogP) is 3.37. The Hall–Kier alpha value is -2.48. The number of nitrogens with zero attached hydrogens (tertiary/aromatic N) is 1. The van der Waals surface area contributed by atoms with E-state index in [9.17, 15) is 14.7 Å². The zero-order valence-corrected chi connectivity index (χ0v) is 16.8. The molecule has 1 aliphatic heterocycles. The monoisotopic (exact) mass is 419 g/mol. The summed E-state index contributed by atoms with van der Waals surface area (Å²) < 4.78 is 10.3. The van der Waals surface area contributed by atoms with Crippen molar-refractivity contribution in [2.75, 3.05) is 31.5 Å². The van der Waals surface area contributed by atoms with Gasteiger partial charge in [0.1, 0.15) is 11.5 Å². The topological polar surface area (TPSA) is 76.1 Å². The Morgan fingerprint density at radius 2 is 1.75 bits per heavy atom. The highest BCUT2D eigenvalue weighted by molar-refractivity contribution is 8.04. The van der Waals surface area contributed by atoms with Crippen LogP contribution in [0.25, 0.3) is 5.57 Å². The number of carbonyl (C=O) groups excluding carboxylic acids is 2. The van der Waals surface area contributed by atoms with Gasteiger partial charge in [-0.3, -0.25) is 9.59 Å². The van der Waals surface area contributed by atoms with Crippen molar-refractivity contribution >= 4 is 46.4 Å². The number of imide groups is 1. The third kappa shape index (κ3) is 3.73. The number of aliphatic hydroxyl groups excluding tert-OH is 1. The molecule has 0 spiro atoms. The molecule has 0 fully saturated rings. The van der Waals surface area contributed by atoms with Crippen molar-refractivity contribution in [2.24, 2.45) is 0 Å². The summed E-state index contributed by atoms with van der Waals surface area (Å²) in [6.45, 7) is -0.111. The molecule has 0 unspecified atom stereocenters. The van der Waals surface area contributed by atoms with Crippen molar-refractivity contribution < 1.29 is 24.2 Å². The van der Waals surface area contributed by atoms with Gasteiger partial charge < -0.3 is 14.6 Å². The number of hydrogen-bond donors (Lipinski definition) is 1. The Morgan fingerprint density at radius 3 is 2.32 bits per heavy atom. The molecule has 0 saturated heterocycles. The molecule has 6 nitrogen and oxygen atoms in total. The fourth-order valence-corrected chi connectivity index (χ4v) is 3.94. The number of rotatable bonds is 7. The first-order chi connectivity index (χ1) is 13.5. The van der Waals surface area contributed by atoms with Gasteiger partial charge in [-0.1, -0.05) is 23.7 Å². The second kappa shape index (κ2) is 8.68. The average Bonchev–Trinajstić information content (AvgIpc) is 2.96. The molecule has 1 heterocycles. The smallest absolute Gasteiger partial charge is 0.272 e. The van der Waals surface area contributed by atoms with Gasteiger partial charge in [0, 0.05) is 5.75 Å². The lowest BCUT2D eigenvalue weighted by molar-refractivity contribution is -0.119. The predicted molar refractivity (Wildman–Crippen MR) is 110 cm³/mol. The summed E-state index contributed by atoms with van der Waals surface area (Å²) in [5.41, 5.74) is 1.24. The van der Waals surface area contributed by atoms with Crippen molar-refractivity contribution in [2.45, 2.75) is 0 Å². The summed E-state index contributed by atoms with van der Waals surface area (Å²) in [4.78, 5) is 27.6. The average molecular weight is 420 g/mol. The van der Waals surface area contributed by atoms with Crippen LogP contribution in [0.15, 0.2) is 47.4 Å². The van der Waals surface area contributed by atoms with Gasteiger partial charge in [0.05, 0.1) is 42.0 Å². The van der Waals surface area contributed by atoms with E-state index in [0.717, 1.165) is 16.7 Å². The molecule has 0 radical (unpaired) electrons. The molecular formula is C20H18ClNO5S. The number of anilines is 1. The van der Waals surface area contributed by atoms with Crippen LogP contribution in [0, 0.1) is 0 Å². The summed E-state index contributed by atoms with van der Waals surface area (Å²) in [6, 6.07) is 11.6. The van der Waals surface area contributed by atoms with Crippen molar-refractivity contribution in [3.05, 3.63) is 58.0 Å². The molecule has 28 heavy (non-hydrogen) atoms. The lowest BCUT2D eigenvalue weighted by atomic mass is 10.1. The molecule has 2 aromatic rings. The summed E-state index contributed by atoms with van der Waals surface area (Å²) >= 11 is 7.32. The van der Waals surface area contributed by atoms with Crippen LogP contribution >= 0.6 is 23.4 Å². The van der Waals surface area contributed by atoms with Gasteiger partial charge in [-0.15, -0.1) is 11.8 Å². The van der Waals surface area contributed by atoms with Gasteiger partial charge in [-0.2, -0.15) is 0 Å². The van der Waals surface area contributed by atoms with Crippen LogP contribution in [0.3, 0.4) is 0 Å². The van der Waals surface area contributed by atoms with E-state index in [1.54, 1.807) is 43.5 Å². The van der Waals surface area contributed by atoms with E-state index >= 15 is 0 Å². The normalized spacial score (nSPS) is 14.1. The number of halogens is 1. The number of hydrogen-bond acceptors (Lipinski definition) is 6. The maximum absolute atomic E-state index is 13.2. The van der Waals surface area contributed by atoms with E-state index in [0.29, 0.717) is 33.5 Å². The number of amides is 2. The number of benzene rings is 2. The Morgan fingerprint density at radius 1 is 1.04 bits per heavy atom. The Kier molecular flexibility index (Phi) is 6.28. The van der Waals surface area contributed by atoms with Crippen LogP contribution in [0.5, 0.6) is 11.5 Å². The van der Waals surface area contributed by atoms with Crippen LogP contribution in [0.1, 0.15) is 5.56 Å². The van der Waals surface area contributed by atoms with E-state index in [4.69, 9.17) is 21.1 Å². The fraction of sp³-hybridized carbons (Fsp3) is 0.200. The first kappa shape index (κ1) is 20.3. The maximum atomic E-state index is 13.2. The third-order valence-corrected chi connectivity index (χ3v) is 5.50.